The second-order valence-corrected chi connectivity index (χ2v) is 6.82. The third-order valence-electron chi connectivity index (χ3n) is 4.08. The van der Waals surface area contributed by atoms with Gasteiger partial charge in [-0.1, -0.05) is 33.3 Å². The predicted octanol–water partition coefficient (Wildman–Crippen LogP) is 3.78. The Morgan fingerprint density at radius 3 is 2.29 bits per heavy atom. The first-order valence-electron chi connectivity index (χ1n) is 8.08. The van der Waals surface area contributed by atoms with Gasteiger partial charge in [0.1, 0.15) is 0 Å². The Balaban J connectivity index is 2.03. The summed E-state index contributed by atoms with van der Waals surface area (Å²) < 4.78 is 42.5. The molecule has 1 aromatic heterocycles. The molecule has 0 aliphatic heterocycles. The molecule has 3 aromatic rings. The zero-order valence-corrected chi connectivity index (χ0v) is 16.2. The van der Waals surface area contributed by atoms with Crippen LogP contribution < -0.4 is 10.6 Å². The van der Waals surface area contributed by atoms with Gasteiger partial charge in [-0.05, 0) is 42.0 Å². The maximum atomic E-state index is 13.7. The molecule has 0 atom stereocenters. The number of rotatable bonds is 4. The Labute approximate surface area is 166 Å². The van der Waals surface area contributed by atoms with Crippen molar-refractivity contribution >= 4 is 27.5 Å². The zero-order valence-electron chi connectivity index (χ0n) is 14.6. The van der Waals surface area contributed by atoms with E-state index in [1.54, 1.807) is 36.4 Å². The summed E-state index contributed by atoms with van der Waals surface area (Å²) in [6, 6.07) is 12.6. The molecule has 10 heteroatoms. The summed E-state index contributed by atoms with van der Waals surface area (Å²) in [5.74, 6) is -0.920. The number of nitrogens with zero attached hydrogens (tertiary/aromatic N) is 4. The van der Waals surface area contributed by atoms with E-state index in [9.17, 15) is 18.0 Å². The highest BCUT2D eigenvalue weighted by Crippen LogP contribution is 2.33. The predicted molar refractivity (Wildman–Crippen MR) is 101 cm³/mol. The van der Waals surface area contributed by atoms with E-state index in [1.165, 1.54) is 19.2 Å². The Morgan fingerprint density at radius 2 is 1.75 bits per heavy atom. The van der Waals surface area contributed by atoms with E-state index >= 15 is 0 Å². The minimum atomic E-state index is -4.83. The fraction of sp³-hybridized carbons (Fsp3) is 0.167. The van der Waals surface area contributed by atoms with E-state index in [2.05, 4.69) is 26.2 Å². The molecule has 1 amide bonds. The number of alkyl halides is 3. The standard InChI is InChI=1S/C18H15BrF3N5O/c1-26(13-6-2-11(10-23)3-7-13)17(28)15-16(18(20,21)22)27(25-24-15)14-8-4-12(19)5-9-14/h2-9H,10,23H2,1H3. The van der Waals surface area contributed by atoms with Gasteiger partial charge in [0.2, 0.25) is 0 Å². The van der Waals surface area contributed by atoms with Crippen LogP contribution in [0.5, 0.6) is 0 Å². The summed E-state index contributed by atoms with van der Waals surface area (Å²) >= 11 is 3.22. The van der Waals surface area contributed by atoms with Crippen LogP contribution >= 0.6 is 15.9 Å². The van der Waals surface area contributed by atoms with Gasteiger partial charge in [0, 0.05) is 23.8 Å². The monoisotopic (exact) mass is 453 g/mol. The molecule has 0 unspecified atom stereocenters. The highest BCUT2D eigenvalue weighted by atomic mass is 79.9. The molecule has 1 heterocycles. The molecule has 0 aliphatic rings. The molecule has 0 spiro atoms. The van der Waals surface area contributed by atoms with E-state index in [0.717, 1.165) is 10.5 Å². The SMILES string of the molecule is CN(C(=O)c1nnn(-c2ccc(Br)cc2)c1C(F)(F)F)c1ccc(CN)cc1. The van der Waals surface area contributed by atoms with Crippen molar-refractivity contribution in [2.24, 2.45) is 5.73 Å². The topological polar surface area (TPSA) is 77.0 Å². The Morgan fingerprint density at radius 1 is 1.14 bits per heavy atom. The molecule has 0 bridgehead atoms. The number of carbonyl (C=O) groups is 1. The van der Waals surface area contributed by atoms with E-state index in [1.807, 2.05) is 0 Å². The molecule has 0 radical (unpaired) electrons. The van der Waals surface area contributed by atoms with Gasteiger partial charge in [-0.25, -0.2) is 4.68 Å². The van der Waals surface area contributed by atoms with Crippen molar-refractivity contribution in [2.75, 3.05) is 11.9 Å². The average molecular weight is 454 g/mol. The molecule has 0 fully saturated rings. The summed E-state index contributed by atoms with van der Waals surface area (Å²) in [7, 11) is 1.37. The van der Waals surface area contributed by atoms with Crippen molar-refractivity contribution in [2.45, 2.75) is 12.7 Å². The molecule has 0 saturated heterocycles. The van der Waals surface area contributed by atoms with E-state index in [-0.39, 0.29) is 5.69 Å². The number of aromatic nitrogens is 3. The molecular formula is C18H15BrF3N5O. The quantitative estimate of drug-likeness (QED) is 0.651. The van der Waals surface area contributed by atoms with Crippen molar-refractivity contribution in [3.05, 3.63) is 70.0 Å². The van der Waals surface area contributed by atoms with Gasteiger partial charge in [0.15, 0.2) is 11.4 Å². The molecular weight excluding hydrogens is 439 g/mol. The number of halogens is 4. The Bertz CT molecular complexity index is 984. The summed E-state index contributed by atoms with van der Waals surface area (Å²) in [4.78, 5) is 13.8. The average Bonchev–Trinajstić information content (AvgIpc) is 3.13. The fourth-order valence-electron chi connectivity index (χ4n) is 2.58. The molecule has 28 heavy (non-hydrogen) atoms. The Hall–Kier alpha value is -2.72. The lowest BCUT2D eigenvalue weighted by Gasteiger charge is -2.18. The fourth-order valence-corrected chi connectivity index (χ4v) is 2.84. The number of amides is 1. The van der Waals surface area contributed by atoms with Crippen LogP contribution in [0.4, 0.5) is 18.9 Å². The minimum Gasteiger partial charge on any atom is -0.326 e. The molecule has 3 rings (SSSR count). The van der Waals surface area contributed by atoms with Crippen LogP contribution in [0.3, 0.4) is 0 Å². The molecule has 146 valence electrons. The third kappa shape index (κ3) is 3.92. The highest BCUT2D eigenvalue weighted by Gasteiger charge is 2.42. The van der Waals surface area contributed by atoms with Crippen LogP contribution in [0, 0.1) is 0 Å². The molecule has 2 N–H and O–H groups in total. The summed E-state index contributed by atoms with van der Waals surface area (Å²) in [6.07, 6.45) is -4.83. The molecule has 0 saturated carbocycles. The molecule has 6 nitrogen and oxygen atoms in total. The zero-order chi connectivity index (χ0) is 20.5. The normalized spacial score (nSPS) is 11.5. The van der Waals surface area contributed by atoms with Gasteiger partial charge in [0.25, 0.3) is 5.91 Å². The van der Waals surface area contributed by atoms with Crippen LogP contribution in [-0.4, -0.2) is 27.9 Å². The lowest BCUT2D eigenvalue weighted by Crippen LogP contribution is -2.29. The van der Waals surface area contributed by atoms with Crippen LogP contribution in [0.15, 0.2) is 53.0 Å². The lowest BCUT2D eigenvalue weighted by atomic mass is 10.2. The van der Waals surface area contributed by atoms with Crippen LogP contribution in [0.1, 0.15) is 21.7 Å². The number of hydrogen-bond donors (Lipinski definition) is 1. The highest BCUT2D eigenvalue weighted by molar-refractivity contribution is 9.10. The Kier molecular flexibility index (Phi) is 5.52. The van der Waals surface area contributed by atoms with Crippen molar-refractivity contribution in [1.29, 1.82) is 0 Å². The van der Waals surface area contributed by atoms with Crippen molar-refractivity contribution in [1.82, 2.24) is 15.0 Å². The van der Waals surface area contributed by atoms with E-state index in [4.69, 9.17) is 5.73 Å². The van der Waals surface area contributed by atoms with Crippen LogP contribution in [0.2, 0.25) is 0 Å². The molecule has 0 aliphatic carbocycles. The van der Waals surface area contributed by atoms with Crippen LogP contribution in [0.25, 0.3) is 5.69 Å². The summed E-state index contributed by atoms with van der Waals surface area (Å²) in [5.41, 5.74) is 4.91. The van der Waals surface area contributed by atoms with Crippen molar-refractivity contribution < 1.29 is 18.0 Å². The molecule has 2 aromatic carbocycles. The second kappa shape index (κ2) is 7.72. The van der Waals surface area contributed by atoms with Gasteiger partial charge in [-0.3, -0.25) is 4.79 Å². The number of carbonyl (C=O) groups excluding carboxylic acids is 1. The van der Waals surface area contributed by atoms with Gasteiger partial charge in [-0.15, -0.1) is 5.10 Å². The van der Waals surface area contributed by atoms with E-state index in [0.29, 0.717) is 21.4 Å². The van der Waals surface area contributed by atoms with Gasteiger partial charge < -0.3 is 10.6 Å². The first-order valence-corrected chi connectivity index (χ1v) is 8.87. The number of anilines is 1. The smallest absolute Gasteiger partial charge is 0.326 e. The van der Waals surface area contributed by atoms with Gasteiger partial charge in [-0.2, -0.15) is 13.2 Å². The maximum absolute atomic E-state index is 13.7. The number of hydrogen-bond acceptors (Lipinski definition) is 4. The summed E-state index contributed by atoms with van der Waals surface area (Å²) in [6.45, 7) is 0.317. The largest absolute Gasteiger partial charge is 0.435 e. The van der Waals surface area contributed by atoms with Crippen molar-refractivity contribution in [3.8, 4) is 5.69 Å². The lowest BCUT2D eigenvalue weighted by molar-refractivity contribution is -0.143. The van der Waals surface area contributed by atoms with Crippen molar-refractivity contribution in [3.63, 3.8) is 0 Å². The third-order valence-corrected chi connectivity index (χ3v) is 4.61. The summed E-state index contributed by atoms with van der Waals surface area (Å²) in [5, 5.41) is 7.11. The maximum Gasteiger partial charge on any atom is 0.435 e. The van der Waals surface area contributed by atoms with Gasteiger partial charge in [0.05, 0.1) is 5.69 Å². The number of nitrogens with two attached hydrogens (primary N) is 1. The van der Waals surface area contributed by atoms with E-state index < -0.39 is 23.5 Å². The first kappa shape index (κ1) is 20.0. The van der Waals surface area contributed by atoms with Crippen LogP contribution in [-0.2, 0) is 12.7 Å². The minimum absolute atomic E-state index is 0.136. The van der Waals surface area contributed by atoms with Gasteiger partial charge >= 0.3 is 6.18 Å². The second-order valence-electron chi connectivity index (χ2n) is 5.91. The first-order chi connectivity index (χ1) is 13.2. The number of benzene rings is 2.